The number of benzene rings is 4. The molecule has 0 unspecified atom stereocenters. The van der Waals surface area contributed by atoms with Crippen molar-refractivity contribution in [3.05, 3.63) is 58.1 Å². The summed E-state index contributed by atoms with van der Waals surface area (Å²) in [5.41, 5.74) is -10.00. The molecule has 346 valence electrons. The van der Waals surface area contributed by atoms with Gasteiger partial charge in [0.1, 0.15) is 18.8 Å². The Morgan fingerprint density at radius 3 is 1.73 bits per heavy atom. The largest absolute Gasteiger partial charge is 0.504 e. The molecule has 4 heterocycles. The minimum atomic E-state index is -3.22. The lowest BCUT2D eigenvalue weighted by Gasteiger charge is -2.44. The van der Waals surface area contributed by atoms with E-state index in [0.29, 0.717) is 30.3 Å². The summed E-state index contributed by atoms with van der Waals surface area (Å²) in [7, 11) is 0. The zero-order valence-corrected chi connectivity index (χ0v) is 32.5. The SMILES string of the molecule is O=C(O[C@@H]1O[C@@H]2COC(=O)c3cc(O)c(O)c(O)c3-c3c(cc(O)c(O)c3O)C(=O)O[C@@H]3[C@H]1OC(=O)c1cc(O)c(O)c4c1[C@@H]1[C@](O)(O4)[C@H](O)C[C@@]1(O)C(=O)O[C@@H]32)c1cc(O)c(O)c(O)c1. The van der Waals surface area contributed by atoms with Crippen molar-refractivity contribution in [1.29, 1.82) is 0 Å². The number of esters is 5. The Kier molecular flexibility index (Phi) is 9.33. The van der Waals surface area contributed by atoms with Crippen molar-refractivity contribution in [2.24, 2.45) is 0 Å². The van der Waals surface area contributed by atoms with Crippen LogP contribution in [0.4, 0.5) is 0 Å². The standard InChI is InChI=1S/C40H30O26/c41-12-1-8(2-13(42)22(12)47)33(53)65-37-31-30-28(64-38(57)39(58)6-18(46)40(59)32(39)21-11(36(56)63-31)5-16(45)25(50)29(21)66-40)17(61-37)7-60-34(54)9-3-14(43)23(48)26(51)19(9)20-10(35(55)62-30)4-15(44)24(49)27(20)52/h1-5,17-18,28,30-32,37,41-52,58-59H,6-7H2/t17-,18-,28-,30+,31-,32+,37+,39+,40-/m1/s1. The van der Waals surface area contributed by atoms with Crippen LogP contribution < -0.4 is 4.74 Å². The zero-order valence-electron chi connectivity index (χ0n) is 32.5. The van der Waals surface area contributed by atoms with E-state index >= 15 is 0 Å². The van der Waals surface area contributed by atoms with Crippen LogP contribution in [0.3, 0.4) is 0 Å². The number of aromatic hydroxyl groups is 11. The van der Waals surface area contributed by atoms with Crippen molar-refractivity contribution in [1.82, 2.24) is 0 Å². The van der Waals surface area contributed by atoms with Gasteiger partial charge in [0, 0.05) is 23.1 Å². The normalized spacial score (nSPS) is 28.6. The average Bonchev–Trinajstić information content (AvgIpc) is 3.69. The van der Waals surface area contributed by atoms with Gasteiger partial charge in [0.2, 0.25) is 35.4 Å². The second kappa shape index (κ2) is 14.3. The van der Waals surface area contributed by atoms with Gasteiger partial charge in [-0.15, -0.1) is 0 Å². The van der Waals surface area contributed by atoms with Crippen LogP contribution in [0, 0.1) is 0 Å². The highest BCUT2D eigenvalue weighted by Crippen LogP contribution is 2.62. The lowest BCUT2D eigenvalue weighted by atomic mass is 9.81. The van der Waals surface area contributed by atoms with Crippen LogP contribution in [-0.2, 0) is 33.2 Å². The van der Waals surface area contributed by atoms with E-state index in [1.54, 1.807) is 0 Å². The third-order valence-electron chi connectivity index (χ3n) is 11.7. The summed E-state index contributed by atoms with van der Waals surface area (Å²) in [5.74, 6) is -28.7. The van der Waals surface area contributed by atoms with E-state index in [1.807, 2.05) is 0 Å². The van der Waals surface area contributed by atoms with Crippen LogP contribution >= 0.6 is 0 Å². The molecule has 0 aromatic heterocycles. The Morgan fingerprint density at radius 2 is 1.12 bits per heavy atom. The molecular formula is C40H30O26. The van der Waals surface area contributed by atoms with Crippen LogP contribution in [0.25, 0.3) is 11.1 Å². The maximum absolute atomic E-state index is 14.6. The summed E-state index contributed by atoms with van der Waals surface area (Å²) >= 11 is 0. The molecule has 14 N–H and O–H groups in total. The molecule has 0 radical (unpaired) electrons. The molecule has 4 aromatic rings. The van der Waals surface area contributed by atoms with Crippen LogP contribution in [0.5, 0.6) is 69.0 Å². The highest BCUT2D eigenvalue weighted by atomic mass is 16.8. The minimum Gasteiger partial charge on any atom is -0.504 e. The van der Waals surface area contributed by atoms with E-state index in [0.717, 1.165) is 0 Å². The molecule has 5 aliphatic rings. The number of ether oxygens (including phenoxy) is 7. The molecule has 66 heavy (non-hydrogen) atoms. The van der Waals surface area contributed by atoms with Gasteiger partial charge in [0.25, 0.3) is 0 Å². The van der Waals surface area contributed by atoms with E-state index in [4.69, 9.17) is 33.2 Å². The Hall–Kier alpha value is -8.33. The first kappa shape index (κ1) is 42.9. The zero-order chi connectivity index (χ0) is 47.8. The highest BCUT2D eigenvalue weighted by Gasteiger charge is 2.73. The van der Waals surface area contributed by atoms with Crippen LogP contribution in [0.1, 0.15) is 59.3 Å². The molecule has 9 rings (SSSR count). The van der Waals surface area contributed by atoms with Crippen molar-refractivity contribution in [3.63, 3.8) is 0 Å². The second-order valence-electron chi connectivity index (χ2n) is 15.5. The average molecular weight is 927 g/mol. The predicted molar refractivity (Wildman–Crippen MR) is 200 cm³/mol. The Labute approximate surface area is 363 Å². The fourth-order valence-electron chi connectivity index (χ4n) is 8.60. The first-order chi connectivity index (χ1) is 31.0. The maximum atomic E-state index is 14.6. The Morgan fingerprint density at radius 1 is 0.606 bits per heavy atom. The van der Waals surface area contributed by atoms with E-state index in [2.05, 4.69) is 0 Å². The van der Waals surface area contributed by atoms with E-state index in [1.165, 1.54) is 0 Å². The van der Waals surface area contributed by atoms with Crippen LogP contribution in [0.15, 0.2) is 30.3 Å². The topological polar surface area (TPSA) is 433 Å². The summed E-state index contributed by atoms with van der Waals surface area (Å²) in [6, 6.07) is 2.52. The molecule has 0 spiro atoms. The van der Waals surface area contributed by atoms with Crippen molar-refractivity contribution < 1.29 is 129 Å². The maximum Gasteiger partial charge on any atom is 0.340 e. The van der Waals surface area contributed by atoms with Gasteiger partial charge in [-0.3, -0.25) is 0 Å². The fraction of sp³-hybridized carbons (Fsp3) is 0.275. The second-order valence-corrected chi connectivity index (χ2v) is 15.5. The van der Waals surface area contributed by atoms with Gasteiger partial charge in [0.05, 0.1) is 28.2 Å². The number of phenolic OH excluding ortho intramolecular Hbond substituents is 11. The number of fused-ring (bicyclic) bond motifs is 3. The molecule has 4 bridgehead atoms. The number of aliphatic hydroxyl groups is 3. The number of hydrogen-bond donors (Lipinski definition) is 14. The number of hydrogen-bond acceptors (Lipinski definition) is 26. The van der Waals surface area contributed by atoms with E-state index in [-0.39, 0.29) is 0 Å². The first-order valence-corrected chi connectivity index (χ1v) is 18.9. The summed E-state index contributed by atoms with van der Waals surface area (Å²) in [5, 5.41) is 151. The van der Waals surface area contributed by atoms with Gasteiger partial charge in [0.15, 0.2) is 69.6 Å². The van der Waals surface area contributed by atoms with Crippen LogP contribution in [-0.4, -0.2) is 156 Å². The molecule has 2 fully saturated rings. The van der Waals surface area contributed by atoms with Gasteiger partial charge < -0.3 is 105 Å². The van der Waals surface area contributed by atoms with Gasteiger partial charge in [-0.05, 0) is 30.3 Å². The van der Waals surface area contributed by atoms with Crippen molar-refractivity contribution in [3.8, 4) is 80.1 Å². The number of cyclic esters (lactones) is 1. The molecular weight excluding hydrogens is 896 g/mol. The molecule has 1 saturated heterocycles. The van der Waals surface area contributed by atoms with Crippen molar-refractivity contribution in [2.45, 2.75) is 60.5 Å². The van der Waals surface area contributed by atoms with Crippen LogP contribution in [0.2, 0.25) is 0 Å². The quantitative estimate of drug-likeness (QED) is 0.0665. The monoisotopic (exact) mass is 926 g/mol. The summed E-state index contributed by atoms with van der Waals surface area (Å²) in [6.45, 7) is -1.27. The van der Waals surface area contributed by atoms with Gasteiger partial charge in [-0.25, -0.2) is 24.0 Å². The summed E-state index contributed by atoms with van der Waals surface area (Å²) < 4.78 is 39.3. The van der Waals surface area contributed by atoms with Crippen molar-refractivity contribution in [2.75, 3.05) is 6.61 Å². The summed E-state index contributed by atoms with van der Waals surface area (Å²) in [4.78, 5) is 71.3. The van der Waals surface area contributed by atoms with Gasteiger partial charge in [-0.1, -0.05) is 0 Å². The Bertz CT molecular complexity index is 2850. The number of rotatable bonds is 2. The lowest BCUT2D eigenvalue weighted by Crippen LogP contribution is -2.64. The highest BCUT2D eigenvalue weighted by molar-refractivity contribution is 6.08. The summed E-state index contributed by atoms with van der Waals surface area (Å²) in [6.07, 6.45) is -15.5. The third kappa shape index (κ3) is 5.99. The molecule has 1 aliphatic carbocycles. The third-order valence-corrected chi connectivity index (χ3v) is 11.7. The molecule has 4 aliphatic heterocycles. The molecule has 9 atom stereocenters. The first-order valence-electron chi connectivity index (χ1n) is 18.9. The molecule has 26 nitrogen and oxygen atoms in total. The van der Waals surface area contributed by atoms with Crippen molar-refractivity contribution >= 4 is 29.8 Å². The molecule has 0 amide bonds. The Balaban J connectivity index is 1.28. The van der Waals surface area contributed by atoms with Gasteiger partial charge >= 0.3 is 29.8 Å². The number of carbonyl (C=O) groups excluding carboxylic acids is 5. The lowest BCUT2D eigenvalue weighted by molar-refractivity contribution is -0.289. The fourth-order valence-corrected chi connectivity index (χ4v) is 8.60. The smallest absolute Gasteiger partial charge is 0.340 e. The molecule has 1 saturated carbocycles. The minimum absolute atomic E-state index is 0.387. The molecule has 26 heteroatoms. The molecule has 4 aromatic carbocycles. The predicted octanol–water partition coefficient (Wildman–Crippen LogP) is -0.796. The van der Waals surface area contributed by atoms with E-state index in [9.17, 15) is 95.5 Å². The van der Waals surface area contributed by atoms with Gasteiger partial charge in [-0.2, -0.15) is 0 Å². The number of phenols is 11. The number of carbonyl (C=O) groups is 5. The number of aliphatic hydroxyl groups excluding tert-OH is 1. The van der Waals surface area contributed by atoms with E-state index < -0.39 is 205 Å².